The molecule has 1 amide bonds. The zero-order chi connectivity index (χ0) is 9.94. The van der Waals surface area contributed by atoms with Gasteiger partial charge in [-0.3, -0.25) is 10.2 Å². The maximum absolute atomic E-state index is 11.1. The van der Waals surface area contributed by atoms with Gasteiger partial charge in [0.25, 0.3) is 0 Å². The van der Waals surface area contributed by atoms with Crippen molar-refractivity contribution in [2.45, 2.75) is 52.4 Å². The summed E-state index contributed by atoms with van der Waals surface area (Å²) in [6, 6.07) is 0. The van der Waals surface area contributed by atoms with Crippen molar-refractivity contribution in [1.82, 2.24) is 10.9 Å². The zero-order valence-corrected chi connectivity index (χ0v) is 8.86. The molecule has 0 unspecified atom stereocenters. The molecule has 2 N–H and O–H groups in total. The molecule has 0 heterocycles. The fraction of sp³-hybridized carbons (Fsp3) is 0.900. The van der Waals surface area contributed by atoms with Crippen LogP contribution in [0.2, 0.25) is 0 Å². The van der Waals surface area contributed by atoms with Crippen LogP contribution in [0.25, 0.3) is 0 Å². The number of amides is 1. The molecule has 0 aromatic rings. The SMILES string of the molecule is CCCCCNNC(=O)CCCC. The summed E-state index contributed by atoms with van der Waals surface area (Å²) in [5.74, 6) is 0.110. The summed E-state index contributed by atoms with van der Waals surface area (Å²) in [6.07, 6.45) is 6.25. The number of rotatable bonds is 8. The van der Waals surface area contributed by atoms with Crippen molar-refractivity contribution in [3.05, 3.63) is 0 Å². The number of carbonyl (C=O) groups excluding carboxylic acids is 1. The van der Waals surface area contributed by atoms with Crippen LogP contribution >= 0.6 is 0 Å². The third-order valence-corrected chi connectivity index (χ3v) is 1.89. The lowest BCUT2D eigenvalue weighted by Gasteiger charge is -2.05. The lowest BCUT2D eigenvalue weighted by atomic mass is 10.2. The molecule has 0 fully saturated rings. The van der Waals surface area contributed by atoms with Crippen LogP contribution in [-0.2, 0) is 4.79 Å². The van der Waals surface area contributed by atoms with Gasteiger partial charge in [0.1, 0.15) is 0 Å². The lowest BCUT2D eigenvalue weighted by molar-refractivity contribution is -0.122. The minimum atomic E-state index is 0.110. The highest BCUT2D eigenvalue weighted by Crippen LogP contribution is 1.92. The standard InChI is InChI=1S/C10H22N2O/c1-3-5-7-9-11-12-10(13)8-6-4-2/h11H,3-9H2,1-2H3,(H,12,13). The van der Waals surface area contributed by atoms with Gasteiger partial charge in [-0.1, -0.05) is 33.1 Å². The van der Waals surface area contributed by atoms with E-state index in [4.69, 9.17) is 0 Å². The topological polar surface area (TPSA) is 41.1 Å². The summed E-state index contributed by atoms with van der Waals surface area (Å²) < 4.78 is 0. The van der Waals surface area contributed by atoms with E-state index in [-0.39, 0.29) is 5.91 Å². The molecule has 0 aliphatic carbocycles. The second kappa shape index (κ2) is 9.52. The van der Waals surface area contributed by atoms with E-state index < -0.39 is 0 Å². The van der Waals surface area contributed by atoms with E-state index in [2.05, 4.69) is 24.7 Å². The fourth-order valence-electron chi connectivity index (χ4n) is 1.02. The van der Waals surface area contributed by atoms with Crippen LogP contribution in [0, 0.1) is 0 Å². The minimum absolute atomic E-state index is 0.110. The molecule has 0 rings (SSSR count). The van der Waals surface area contributed by atoms with Crippen molar-refractivity contribution in [3.8, 4) is 0 Å². The van der Waals surface area contributed by atoms with E-state index >= 15 is 0 Å². The molecule has 13 heavy (non-hydrogen) atoms. The van der Waals surface area contributed by atoms with E-state index in [1.54, 1.807) is 0 Å². The average molecular weight is 186 g/mol. The predicted molar refractivity (Wildman–Crippen MR) is 55.2 cm³/mol. The van der Waals surface area contributed by atoms with Crippen LogP contribution in [0.3, 0.4) is 0 Å². The Morgan fingerprint density at radius 1 is 1.08 bits per heavy atom. The van der Waals surface area contributed by atoms with Crippen molar-refractivity contribution < 1.29 is 4.79 Å². The molecular formula is C10H22N2O. The van der Waals surface area contributed by atoms with Gasteiger partial charge < -0.3 is 0 Å². The van der Waals surface area contributed by atoms with Crippen LogP contribution in [0.15, 0.2) is 0 Å². The number of unbranched alkanes of at least 4 members (excludes halogenated alkanes) is 3. The molecule has 0 spiro atoms. The normalized spacial score (nSPS) is 10.0. The molecule has 0 bridgehead atoms. The smallest absolute Gasteiger partial charge is 0.234 e. The number of carbonyl (C=O) groups is 1. The van der Waals surface area contributed by atoms with Gasteiger partial charge in [-0.25, -0.2) is 5.43 Å². The van der Waals surface area contributed by atoms with Crippen LogP contribution in [-0.4, -0.2) is 12.5 Å². The van der Waals surface area contributed by atoms with Crippen LogP contribution in [0.4, 0.5) is 0 Å². The van der Waals surface area contributed by atoms with Crippen molar-refractivity contribution in [1.29, 1.82) is 0 Å². The maximum atomic E-state index is 11.1. The first-order chi connectivity index (χ1) is 6.31. The summed E-state index contributed by atoms with van der Waals surface area (Å²) in [5, 5.41) is 0. The fourth-order valence-corrected chi connectivity index (χ4v) is 1.02. The Balaban J connectivity index is 3.08. The molecule has 0 atom stereocenters. The molecule has 0 aliphatic rings. The third-order valence-electron chi connectivity index (χ3n) is 1.89. The van der Waals surface area contributed by atoms with E-state index in [0.29, 0.717) is 6.42 Å². The molecule has 0 aromatic carbocycles. The molecule has 3 heteroatoms. The van der Waals surface area contributed by atoms with E-state index in [9.17, 15) is 4.79 Å². The van der Waals surface area contributed by atoms with E-state index in [0.717, 1.165) is 25.8 Å². The van der Waals surface area contributed by atoms with Crippen LogP contribution in [0.5, 0.6) is 0 Å². The Hall–Kier alpha value is -0.570. The van der Waals surface area contributed by atoms with E-state index in [1.807, 2.05) is 0 Å². The van der Waals surface area contributed by atoms with Gasteiger partial charge in [-0.05, 0) is 12.8 Å². The highest BCUT2D eigenvalue weighted by molar-refractivity contribution is 5.75. The molecule has 3 nitrogen and oxygen atoms in total. The molecule has 0 saturated heterocycles. The Kier molecular flexibility index (Phi) is 9.10. The average Bonchev–Trinajstić information content (AvgIpc) is 2.14. The number of nitrogens with one attached hydrogen (secondary N) is 2. The number of hydrogen-bond acceptors (Lipinski definition) is 2. The summed E-state index contributed by atoms with van der Waals surface area (Å²) in [7, 11) is 0. The molecule has 0 saturated carbocycles. The second-order valence-corrected chi connectivity index (χ2v) is 3.29. The van der Waals surface area contributed by atoms with Gasteiger partial charge in [0, 0.05) is 13.0 Å². The molecule has 0 aliphatic heterocycles. The summed E-state index contributed by atoms with van der Waals surface area (Å²) >= 11 is 0. The third kappa shape index (κ3) is 9.34. The van der Waals surface area contributed by atoms with Gasteiger partial charge >= 0.3 is 0 Å². The van der Waals surface area contributed by atoms with Crippen molar-refractivity contribution in [2.24, 2.45) is 0 Å². The maximum Gasteiger partial charge on any atom is 0.234 e. The van der Waals surface area contributed by atoms with Gasteiger partial charge in [-0.15, -0.1) is 0 Å². The quantitative estimate of drug-likeness (QED) is 0.449. The summed E-state index contributed by atoms with van der Waals surface area (Å²) in [6.45, 7) is 5.13. The first kappa shape index (κ1) is 12.4. The Labute approximate surface area is 81.3 Å². The molecule has 0 radical (unpaired) electrons. The summed E-state index contributed by atoms with van der Waals surface area (Å²) in [4.78, 5) is 11.1. The molecule has 0 aromatic heterocycles. The zero-order valence-electron chi connectivity index (χ0n) is 8.86. The van der Waals surface area contributed by atoms with Crippen molar-refractivity contribution in [3.63, 3.8) is 0 Å². The molecule has 78 valence electrons. The second-order valence-electron chi connectivity index (χ2n) is 3.29. The Bertz CT molecular complexity index is 126. The van der Waals surface area contributed by atoms with Crippen molar-refractivity contribution in [2.75, 3.05) is 6.54 Å². The van der Waals surface area contributed by atoms with E-state index in [1.165, 1.54) is 12.8 Å². The van der Waals surface area contributed by atoms with Gasteiger partial charge in [-0.2, -0.15) is 0 Å². The van der Waals surface area contributed by atoms with Crippen LogP contribution in [0.1, 0.15) is 52.4 Å². The first-order valence-electron chi connectivity index (χ1n) is 5.33. The lowest BCUT2D eigenvalue weighted by Crippen LogP contribution is -2.37. The number of hydrogen-bond donors (Lipinski definition) is 2. The minimum Gasteiger partial charge on any atom is -0.292 e. The van der Waals surface area contributed by atoms with Crippen LogP contribution < -0.4 is 10.9 Å². The van der Waals surface area contributed by atoms with Crippen molar-refractivity contribution >= 4 is 5.91 Å². The summed E-state index contributed by atoms with van der Waals surface area (Å²) in [5.41, 5.74) is 5.62. The first-order valence-corrected chi connectivity index (χ1v) is 5.33. The number of hydrazine groups is 1. The van der Waals surface area contributed by atoms with Gasteiger partial charge in [0.2, 0.25) is 5.91 Å². The van der Waals surface area contributed by atoms with Gasteiger partial charge in [0.15, 0.2) is 0 Å². The predicted octanol–water partition coefficient (Wildman–Crippen LogP) is 1.99. The van der Waals surface area contributed by atoms with Gasteiger partial charge in [0.05, 0.1) is 0 Å². The Morgan fingerprint density at radius 3 is 2.38 bits per heavy atom. The highest BCUT2D eigenvalue weighted by Gasteiger charge is 1.97. The highest BCUT2D eigenvalue weighted by atomic mass is 16.2. The molecular weight excluding hydrogens is 164 g/mol. The Morgan fingerprint density at radius 2 is 1.77 bits per heavy atom. The monoisotopic (exact) mass is 186 g/mol. The largest absolute Gasteiger partial charge is 0.292 e.